The first kappa shape index (κ1) is 11.3. The van der Waals surface area contributed by atoms with Crippen LogP contribution in [-0.4, -0.2) is 28.4 Å². The minimum Gasteiger partial charge on any atom is -0.368 e. The van der Waals surface area contributed by atoms with Crippen LogP contribution < -0.4 is 17.0 Å². The molecule has 1 atom stereocenters. The zero-order valence-corrected chi connectivity index (χ0v) is 9.67. The molecule has 1 aromatic heterocycles. The number of hydrogen-bond acceptors (Lipinski definition) is 6. The molecular weight excluding hydrogens is 226 g/mol. The number of carbonyl (C=O) groups excluding carboxylic acids is 1. The van der Waals surface area contributed by atoms with Crippen LogP contribution in [0.1, 0.15) is 17.7 Å². The Morgan fingerprint density at radius 2 is 2.56 bits per heavy atom. The summed E-state index contributed by atoms with van der Waals surface area (Å²) in [5.74, 6) is 5.02. The molecule has 0 radical (unpaired) electrons. The van der Waals surface area contributed by atoms with E-state index in [1.54, 1.807) is 6.20 Å². The number of rotatable bonds is 4. The van der Waals surface area contributed by atoms with Crippen LogP contribution in [0, 0.1) is 0 Å². The number of aromatic nitrogens is 1. The summed E-state index contributed by atoms with van der Waals surface area (Å²) in [6.07, 6.45) is 3.65. The lowest BCUT2D eigenvalue weighted by atomic mass is 10.2. The standard InChI is InChI=1S/C9H15N5OS/c10-8(15)7-2-1-3-14(7)5-6-4-12-9(13-11)16-6/h4,7H,1-3,5,11H2,(H2,10,15)(H,12,13). The highest BCUT2D eigenvalue weighted by atomic mass is 32.1. The molecule has 6 nitrogen and oxygen atoms in total. The summed E-state index contributed by atoms with van der Waals surface area (Å²) in [6, 6.07) is -0.128. The van der Waals surface area contributed by atoms with Gasteiger partial charge in [-0.3, -0.25) is 15.1 Å². The number of carbonyl (C=O) groups is 1. The van der Waals surface area contributed by atoms with Crippen LogP contribution in [0.3, 0.4) is 0 Å². The van der Waals surface area contributed by atoms with Crippen molar-refractivity contribution in [3.8, 4) is 0 Å². The normalized spacial score (nSPS) is 21.2. The van der Waals surface area contributed by atoms with Crippen molar-refractivity contribution in [2.75, 3.05) is 12.0 Å². The third-order valence-corrected chi connectivity index (χ3v) is 3.64. The first-order valence-electron chi connectivity index (χ1n) is 5.15. The number of anilines is 1. The summed E-state index contributed by atoms with van der Waals surface area (Å²) in [6.45, 7) is 1.63. The van der Waals surface area contributed by atoms with E-state index in [9.17, 15) is 4.79 Å². The Hall–Kier alpha value is -1.18. The van der Waals surface area contributed by atoms with Gasteiger partial charge in [0.05, 0.1) is 6.04 Å². The fourth-order valence-electron chi connectivity index (χ4n) is 1.99. The summed E-state index contributed by atoms with van der Waals surface area (Å²) >= 11 is 1.49. The highest BCUT2D eigenvalue weighted by Crippen LogP contribution is 2.23. The quantitative estimate of drug-likeness (QED) is 0.504. The molecule has 0 aliphatic carbocycles. The fourth-order valence-corrected chi connectivity index (χ4v) is 2.73. The molecule has 1 aliphatic rings. The number of nitrogens with one attached hydrogen (secondary N) is 1. The lowest BCUT2D eigenvalue weighted by Crippen LogP contribution is -2.39. The molecule has 0 aromatic carbocycles. The van der Waals surface area contributed by atoms with Gasteiger partial charge in [-0.05, 0) is 19.4 Å². The molecule has 0 bridgehead atoms. The largest absolute Gasteiger partial charge is 0.368 e. The van der Waals surface area contributed by atoms with Gasteiger partial charge in [0, 0.05) is 17.6 Å². The van der Waals surface area contributed by atoms with E-state index in [-0.39, 0.29) is 11.9 Å². The van der Waals surface area contributed by atoms with Crippen LogP contribution in [0.15, 0.2) is 6.20 Å². The Bertz CT molecular complexity index is 380. The second kappa shape index (κ2) is 4.77. The van der Waals surface area contributed by atoms with Crippen LogP contribution >= 0.6 is 11.3 Å². The van der Waals surface area contributed by atoms with Crippen molar-refractivity contribution in [3.05, 3.63) is 11.1 Å². The third-order valence-electron chi connectivity index (χ3n) is 2.73. The van der Waals surface area contributed by atoms with Crippen molar-refractivity contribution >= 4 is 22.4 Å². The maximum Gasteiger partial charge on any atom is 0.234 e. The molecule has 2 heterocycles. The Balaban J connectivity index is 2.00. The zero-order valence-electron chi connectivity index (χ0n) is 8.85. The van der Waals surface area contributed by atoms with Crippen LogP contribution in [-0.2, 0) is 11.3 Å². The predicted octanol–water partition coefficient (Wildman–Crippen LogP) is -0.122. The van der Waals surface area contributed by atoms with Crippen molar-refractivity contribution in [2.24, 2.45) is 11.6 Å². The predicted molar refractivity (Wildman–Crippen MR) is 62.6 cm³/mol. The fraction of sp³-hybridized carbons (Fsp3) is 0.556. The van der Waals surface area contributed by atoms with Gasteiger partial charge >= 0.3 is 0 Å². The minimum absolute atomic E-state index is 0.128. The number of primary amides is 1. The molecule has 1 fully saturated rings. The van der Waals surface area contributed by atoms with Gasteiger partial charge in [-0.2, -0.15) is 0 Å². The first-order valence-corrected chi connectivity index (χ1v) is 5.97. The summed E-state index contributed by atoms with van der Waals surface area (Å²) < 4.78 is 0. The first-order chi connectivity index (χ1) is 7.70. The van der Waals surface area contributed by atoms with Crippen molar-refractivity contribution in [3.63, 3.8) is 0 Å². The molecule has 7 heteroatoms. The molecular formula is C9H15N5OS. The van der Waals surface area contributed by atoms with Gasteiger partial charge in [0.1, 0.15) is 0 Å². The second-order valence-electron chi connectivity index (χ2n) is 3.81. The van der Waals surface area contributed by atoms with Crippen LogP contribution in [0.25, 0.3) is 0 Å². The number of likely N-dealkylation sites (tertiary alicyclic amines) is 1. The lowest BCUT2D eigenvalue weighted by Gasteiger charge is -2.20. The van der Waals surface area contributed by atoms with Gasteiger partial charge in [0.2, 0.25) is 5.91 Å². The number of nitrogen functional groups attached to an aromatic ring is 1. The van der Waals surface area contributed by atoms with Crippen LogP contribution in [0.5, 0.6) is 0 Å². The van der Waals surface area contributed by atoms with E-state index in [2.05, 4.69) is 15.3 Å². The van der Waals surface area contributed by atoms with E-state index in [4.69, 9.17) is 11.6 Å². The molecule has 2 rings (SSSR count). The number of amides is 1. The van der Waals surface area contributed by atoms with Gasteiger partial charge in [-0.25, -0.2) is 10.8 Å². The Morgan fingerprint density at radius 1 is 1.75 bits per heavy atom. The monoisotopic (exact) mass is 241 g/mol. The third kappa shape index (κ3) is 2.31. The second-order valence-corrected chi connectivity index (χ2v) is 4.92. The number of hydrazine groups is 1. The number of nitrogens with two attached hydrogens (primary N) is 2. The lowest BCUT2D eigenvalue weighted by molar-refractivity contribution is -0.122. The molecule has 88 valence electrons. The van der Waals surface area contributed by atoms with Crippen LogP contribution in [0.2, 0.25) is 0 Å². The summed E-state index contributed by atoms with van der Waals surface area (Å²) in [5, 5.41) is 0.685. The smallest absolute Gasteiger partial charge is 0.234 e. The van der Waals surface area contributed by atoms with E-state index in [1.165, 1.54) is 11.3 Å². The van der Waals surface area contributed by atoms with E-state index in [0.717, 1.165) is 24.3 Å². The molecule has 1 aromatic rings. The van der Waals surface area contributed by atoms with E-state index >= 15 is 0 Å². The summed E-state index contributed by atoms with van der Waals surface area (Å²) in [5.41, 5.74) is 7.85. The molecule has 1 amide bonds. The SMILES string of the molecule is NNc1ncc(CN2CCCC2C(N)=O)s1. The minimum atomic E-state index is -0.237. The van der Waals surface area contributed by atoms with Gasteiger partial charge < -0.3 is 5.73 Å². The Morgan fingerprint density at radius 3 is 3.19 bits per heavy atom. The highest BCUT2D eigenvalue weighted by Gasteiger charge is 2.29. The maximum atomic E-state index is 11.2. The van der Waals surface area contributed by atoms with Crippen molar-refractivity contribution < 1.29 is 4.79 Å². The average molecular weight is 241 g/mol. The van der Waals surface area contributed by atoms with Gasteiger partial charge in [-0.1, -0.05) is 11.3 Å². The Labute approximate surface area is 97.6 Å². The molecule has 1 saturated heterocycles. The highest BCUT2D eigenvalue weighted by molar-refractivity contribution is 7.15. The van der Waals surface area contributed by atoms with Crippen molar-refractivity contribution in [1.82, 2.24) is 9.88 Å². The summed E-state index contributed by atoms with van der Waals surface area (Å²) in [7, 11) is 0. The zero-order chi connectivity index (χ0) is 11.5. The van der Waals surface area contributed by atoms with Crippen molar-refractivity contribution in [1.29, 1.82) is 0 Å². The number of thiazole rings is 1. The van der Waals surface area contributed by atoms with E-state index < -0.39 is 0 Å². The van der Waals surface area contributed by atoms with E-state index in [1.807, 2.05) is 0 Å². The van der Waals surface area contributed by atoms with Gasteiger partial charge in [-0.15, -0.1) is 0 Å². The molecule has 1 unspecified atom stereocenters. The van der Waals surface area contributed by atoms with Gasteiger partial charge in [0.25, 0.3) is 0 Å². The van der Waals surface area contributed by atoms with Gasteiger partial charge in [0.15, 0.2) is 5.13 Å². The van der Waals surface area contributed by atoms with Crippen molar-refractivity contribution in [2.45, 2.75) is 25.4 Å². The molecule has 16 heavy (non-hydrogen) atoms. The Kier molecular flexibility index (Phi) is 3.37. The molecule has 0 spiro atoms. The summed E-state index contributed by atoms with van der Waals surface area (Å²) in [4.78, 5) is 18.5. The maximum absolute atomic E-state index is 11.2. The molecule has 5 N–H and O–H groups in total. The number of nitrogens with zero attached hydrogens (tertiary/aromatic N) is 2. The molecule has 0 saturated carbocycles. The topological polar surface area (TPSA) is 97.3 Å². The molecule has 1 aliphatic heterocycles. The number of hydrogen-bond donors (Lipinski definition) is 3. The average Bonchev–Trinajstić information content (AvgIpc) is 2.87. The van der Waals surface area contributed by atoms with E-state index in [0.29, 0.717) is 11.7 Å². The van der Waals surface area contributed by atoms with Crippen LogP contribution in [0.4, 0.5) is 5.13 Å².